The quantitative estimate of drug-likeness (QED) is 0.447. The summed E-state index contributed by atoms with van der Waals surface area (Å²) in [6.45, 7) is 2.03. The molecule has 1 atom stereocenters. The minimum absolute atomic E-state index is 0. The number of carbonyl (C=O) groups is 1. The summed E-state index contributed by atoms with van der Waals surface area (Å²) in [5.41, 5.74) is 0. The molecule has 0 aliphatic carbocycles. The van der Waals surface area contributed by atoms with Crippen molar-refractivity contribution in [2.45, 2.75) is 45.1 Å². The van der Waals surface area contributed by atoms with Crippen molar-refractivity contribution in [1.29, 1.82) is 0 Å². The molecule has 0 fully saturated rings. The predicted molar refractivity (Wildman–Crippen MR) is 39.8 cm³/mol. The van der Waals surface area contributed by atoms with Crippen LogP contribution in [0.4, 0.5) is 0 Å². The smallest absolute Gasteiger partial charge is 0.550 e. The maximum absolute atomic E-state index is 9.96. The van der Waals surface area contributed by atoms with E-state index in [0.717, 1.165) is 12.8 Å². The Bertz CT molecular complexity index is 117. The van der Waals surface area contributed by atoms with Gasteiger partial charge in [0.05, 0.1) is 6.10 Å². The average Bonchev–Trinajstić information content (AvgIpc) is 1.97. The third-order valence-electron chi connectivity index (χ3n) is 1.57. The molecule has 0 rings (SSSR count). The fourth-order valence-corrected chi connectivity index (χ4v) is 0.869. The summed E-state index contributed by atoms with van der Waals surface area (Å²) in [7, 11) is 0. The number of rotatable bonds is 6. The number of carboxylic acid groups (broad SMARTS) is 1. The number of aliphatic hydroxyl groups excluding tert-OH is 1. The first kappa shape index (κ1) is 14.9. The molecule has 0 aliphatic rings. The van der Waals surface area contributed by atoms with Gasteiger partial charge in [-0.3, -0.25) is 0 Å². The first-order chi connectivity index (χ1) is 5.16. The zero-order chi connectivity index (χ0) is 8.69. The Labute approximate surface area is 95.5 Å². The van der Waals surface area contributed by atoms with E-state index >= 15 is 0 Å². The largest absolute Gasteiger partial charge is 1.00 e. The van der Waals surface area contributed by atoms with Crippen molar-refractivity contribution in [3.63, 3.8) is 0 Å². The van der Waals surface area contributed by atoms with Crippen LogP contribution in [0.15, 0.2) is 0 Å². The zero-order valence-electron chi connectivity index (χ0n) is 7.88. The van der Waals surface area contributed by atoms with Gasteiger partial charge in [-0.1, -0.05) is 19.8 Å². The van der Waals surface area contributed by atoms with E-state index in [1.54, 1.807) is 0 Å². The molecule has 0 saturated heterocycles. The maximum atomic E-state index is 9.96. The molecule has 1 unspecified atom stereocenters. The van der Waals surface area contributed by atoms with Gasteiger partial charge in [-0.05, 0) is 19.3 Å². The Morgan fingerprint density at radius 1 is 1.50 bits per heavy atom. The second kappa shape index (κ2) is 9.52. The predicted octanol–water partition coefficient (Wildman–Crippen LogP) is -2.93. The molecule has 1 N–H and O–H groups in total. The normalized spacial score (nSPS) is 11.8. The van der Waals surface area contributed by atoms with Gasteiger partial charge in [-0.15, -0.1) is 0 Å². The first-order valence-corrected chi connectivity index (χ1v) is 4.04. The standard InChI is InChI=1S/C8H16O3.Na/c1-2-3-4-7(9)5-6-8(10)11;/h7,9H,2-6H2,1H3,(H,10,11);/q;+1/p-1. The monoisotopic (exact) mass is 182 g/mol. The molecule has 0 aromatic carbocycles. The van der Waals surface area contributed by atoms with Crippen LogP contribution in [0.5, 0.6) is 0 Å². The summed E-state index contributed by atoms with van der Waals surface area (Å²) in [4.78, 5) is 9.96. The van der Waals surface area contributed by atoms with Gasteiger partial charge in [0.1, 0.15) is 0 Å². The molecular formula is C8H15NaO3. The number of aliphatic carboxylic acids is 1. The van der Waals surface area contributed by atoms with E-state index in [0.29, 0.717) is 12.8 Å². The van der Waals surface area contributed by atoms with Crippen molar-refractivity contribution in [2.75, 3.05) is 0 Å². The van der Waals surface area contributed by atoms with E-state index in [1.165, 1.54) is 0 Å². The summed E-state index contributed by atoms with van der Waals surface area (Å²) in [5.74, 6) is -1.08. The molecule has 0 saturated carbocycles. The summed E-state index contributed by atoms with van der Waals surface area (Å²) in [6.07, 6.45) is 2.50. The van der Waals surface area contributed by atoms with E-state index in [-0.39, 0.29) is 36.0 Å². The van der Waals surface area contributed by atoms with Crippen molar-refractivity contribution in [3.8, 4) is 0 Å². The van der Waals surface area contributed by atoms with Crippen molar-refractivity contribution < 1.29 is 44.6 Å². The van der Waals surface area contributed by atoms with Gasteiger partial charge in [-0.25, -0.2) is 0 Å². The van der Waals surface area contributed by atoms with Gasteiger partial charge in [-0.2, -0.15) is 0 Å². The summed E-state index contributed by atoms with van der Waals surface area (Å²) in [5, 5.41) is 19.1. The zero-order valence-corrected chi connectivity index (χ0v) is 9.88. The van der Waals surface area contributed by atoms with Crippen LogP contribution >= 0.6 is 0 Å². The van der Waals surface area contributed by atoms with Crippen LogP contribution in [0.3, 0.4) is 0 Å². The van der Waals surface area contributed by atoms with Gasteiger partial charge in [0.15, 0.2) is 0 Å². The molecule has 0 heterocycles. The van der Waals surface area contributed by atoms with E-state index in [9.17, 15) is 9.90 Å². The Morgan fingerprint density at radius 2 is 2.08 bits per heavy atom. The number of hydrogen-bond donors (Lipinski definition) is 1. The second-order valence-electron chi connectivity index (χ2n) is 2.71. The van der Waals surface area contributed by atoms with E-state index in [1.807, 2.05) is 6.92 Å². The number of hydrogen-bond acceptors (Lipinski definition) is 3. The van der Waals surface area contributed by atoms with Gasteiger partial charge in [0.2, 0.25) is 0 Å². The van der Waals surface area contributed by atoms with Gasteiger partial charge in [0, 0.05) is 5.97 Å². The molecular weight excluding hydrogens is 167 g/mol. The molecule has 0 aliphatic heterocycles. The molecule has 3 nitrogen and oxygen atoms in total. The number of carboxylic acids is 1. The average molecular weight is 182 g/mol. The Morgan fingerprint density at radius 3 is 2.50 bits per heavy atom. The minimum atomic E-state index is -1.08. The number of carbonyl (C=O) groups excluding carboxylic acids is 1. The number of aliphatic hydroxyl groups is 1. The first-order valence-electron chi connectivity index (χ1n) is 4.04. The Kier molecular flexibility index (Phi) is 11.8. The molecule has 0 aromatic rings. The van der Waals surface area contributed by atoms with E-state index < -0.39 is 12.1 Å². The van der Waals surface area contributed by atoms with Gasteiger partial charge >= 0.3 is 29.6 Å². The minimum Gasteiger partial charge on any atom is -0.550 e. The van der Waals surface area contributed by atoms with Crippen LogP contribution in [0.1, 0.15) is 39.0 Å². The van der Waals surface area contributed by atoms with Crippen molar-refractivity contribution in [2.24, 2.45) is 0 Å². The Balaban J connectivity index is 0. The molecule has 4 heteroatoms. The molecule has 0 spiro atoms. The van der Waals surface area contributed by atoms with Crippen LogP contribution in [-0.2, 0) is 4.79 Å². The molecule has 66 valence electrons. The van der Waals surface area contributed by atoms with Crippen molar-refractivity contribution in [1.82, 2.24) is 0 Å². The fourth-order valence-electron chi connectivity index (χ4n) is 0.869. The topological polar surface area (TPSA) is 60.4 Å². The van der Waals surface area contributed by atoms with Crippen LogP contribution in [-0.4, -0.2) is 17.2 Å². The molecule has 0 radical (unpaired) electrons. The molecule has 0 aromatic heterocycles. The van der Waals surface area contributed by atoms with Crippen LogP contribution < -0.4 is 34.7 Å². The van der Waals surface area contributed by atoms with Crippen molar-refractivity contribution in [3.05, 3.63) is 0 Å². The van der Waals surface area contributed by atoms with E-state index in [4.69, 9.17) is 5.11 Å². The van der Waals surface area contributed by atoms with Crippen LogP contribution in [0.25, 0.3) is 0 Å². The summed E-state index contributed by atoms with van der Waals surface area (Å²) in [6, 6.07) is 0. The van der Waals surface area contributed by atoms with Crippen molar-refractivity contribution >= 4 is 5.97 Å². The van der Waals surface area contributed by atoms with Gasteiger partial charge in [0.25, 0.3) is 0 Å². The third-order valence-corrected chi connectivity index (χ3v) is 1.57. The molecule has 0 amide bonds. The number of unbranched alkanes of at least 4 members (excludes halogenated alkanes) is 1. The summed E-state index contributed by atoms with van der Waals surface area (Å²) < 4.78 is 0. The summed E-state index contributed by atoms with van der Waals surface area (Å²) >= 11 is 0. The van der Waals surface area contributed by atoms with Crippen LogP contribution in [0, 0.1) is 0 Å². The second-order valence-corrected chi connectivity index (χ2v) is 2.71. The maximum Gasteiger partial charge on any atom is 1.00 e. The molecule has 12 heavy (non-hydrogen) atoms. The third kappa shape index (κ3) is 10.4. The van der Waals surface area contributed by atoms with Gasteiger partial charge < -0.3 is 15.0 Å². The Hall–Kier alpha value is 0.430. The molecule has 0 bridgehead atoms. The fraction of sp³-hybridized carbons (Fsp3) is 0.875. The van der Waals surface area contributed by atoms with E-state index in [2.05, 4.69) is 0 Å². The van der Waals surface area contributed by atoms with Crippen LogP contribution in [0.2, 0.25) is 0 Å². The SMILES string of the molecule is CCCCC(O)CCC(=O)[O-].[Na+].